The van der Waals surface area contributed by atoms with Gasteiger partial charge in [-0.05, 0) is 56.2 Å². The summed E-state index contributed by atoms with van der Waals surface area (Å²) in [4.78, 5) is 26.2. The van der Waals surface area contributed by atoms with Crippen LogP contribution in [0.25, 0.3) is 0 Å². The zero-order valence-electron chi connectivity index (χ0n) is 16.4. The third kappa shape index (κ3) is 5.70. The molecule has 7 heteroatoms. The molecule has 0 unspecified atom stereocenters. The summed E-state index contributed by atoms with van der Waals surface area (Å²) in [7, 11) is 0. The second kappa shape index (κ2) is 9.91. The molecule has 0 spiro atoms. The van der Waals surface area contributed by atoms with Crippen LogP contribution in [0.1, 0.15) is 30.1 Å². The van der Waals surface area contributed by atoms with E-state index in [1.807, 2.05) is 6.92 Å². The third-order valence-corrected chi connectivity index (χ3v) is 4.76. The largest absolute Gasteiger partial charge is 0.494 e. The zero-order chi connectivity index (χ0) is 20.6. The summed E-state index contributed by atoms with van der Waals surface area (Å²) in [6, 6.07) is 13.0. The molecule has 2 amide bonds. The molecule has 1 saturated heterocycles. The number of hydrogen-bond donors (Lipinski definition) is 1. The number of benzene rings is 2. The first-order chi connectivity index (χ1) is 14.1. The molecule has 0 atom stereocenters. The van der Waals surface area contributed by atoms with Crippen LogP contribution >= 0.6 is 0 Å². The predicted octanol–water partition coefficient (Wildman–Crippen LogP) is 3.02. The minimum atomic E-state index is -0.514. The first-order valence-electron chi connectivity index (χ1n) is 9.75. The molecule has 1 aliphatic heterocycles. The Morgan fingerprint density at radius 3 is 2.28 bits per heavy atom. The number of likely N-dealkylation sites (tertiary alicyclic amines) is 1. The maximum atomic E-state index is 13.8. The Bertz CT molecular complexity index is 833. The summed E-state index contributed by atoms with van der Waals surface area (Å²) in [5.74, 6) is 0.304. The molecular weight excluding hydrogens is 375 g/mol. The second-order valence-corrected chi connectivity index (χ2v) is 6.81. The lowest BCUT2D eigenvalue weighted by Crippen LogP contribution is -2.47. The van der Waals surface area contributed by atoms with Crippen molar-refractivity contribution >= 4 is 11.8 Å². The predicted molar refractivity (Wildman–Crippen MR) is 107 cm³/mol. The van der Waals surface area contributed by atoms with Crippen LogP contribution < -0.4 is 14.8 Å². The molecule has 154 valence electrons. The zero-order valence-corrected chi connectivity index (χ0v) is 16.4. The van der Waals surface area contributed by atoms with Gasteiger partial charge in [0.15, 0.2) is 6.61 Å². The van der Waals surface area contributed by atoms with Crippen molar-refractivity contribution in [3.05, 3.63) is 59.9 Å². The normalized spacial score (nSPS) is 14.3. The smallest absolute Gasteiger partial charge is 0.258 e. The number of rotatable bonds is 7. The average molecular weight is 400 g/mol. The summed E-state index contributed by atoms with van der Waals surface area (Å²) < 4.78 is 24.7. The summed E-state index contributed by atoms with van der Waals surface area (Å²) in [6.45, 7) is 3.36. The van der Waals surface area contributed by atoms with E-state index < -0.39 is 5.82 Å². The number of carbonyl (C=O) groups is 2. The van der Waals surface area contributed by atoms with E-state index in [1.54, 1.807) is 41.3 Å². The summed E-state index contributed by atoms with van der Waals surface area (Å²) in [5, 5.41) is 2.93. The van der Waals surface area contributed by atoms with Crippen LogP contribution in [0.15, 0.2) is 48.5 Å². The minimum absolute atomic E-state index is 0.0314. The summed E-state index contributed by atoms with van der Waals surface area (Å²) in [5.41, 5.74) is 0.0822. The third-order valence-electron chi connectivity index (χ3n) is 4.76. The van der Waals surface area contributed by atoms with Crippen molar-refractivity contribution in [3.63, 3.8) is 0 Å². The Balaban J connectivity index is 1.41. The molecule has 1 aliphatic rings. The molecule has 6 nitrogen and oxygen atoms in total. The first kappa shape index (κ1) is 20.6. The van der Waals surface area contributed by atoms with Crippen LogP contribution in [-0.2, 0) is 4.79 Å². The molecule has 0 saturated carbocycles. The highest BCUT2D eigenvalue weighted by atomic mass is 19.1. The molecule has 0 aromatic heterocycles. The lowest BCUT2D eigenvalue weighted by atomic mass is 10.0. The van der Waals surface area contributed by atoms with E-state index in [4.69, 9.17) is 9.47 Å². The van der Waals surface area contributed by atoms with Gasteiger partial charge in [0.05, 0.1) is 12.2 Å². The fraction of sp³-hybridized carbons (Fsp3) is 0.364. The molecule has 29 heavy (non-hydrogen) atoms. The monoisotopic (exact) mass is 400 g/mol. The second-order valence-electron chi connectivity index (χ2n) is 6.81. The van der Waals surface area contributed by atoms with Gasteiger partial charge in [-0.1, -0.05) is 12.1 Å². The van der Waals surface area contributed by atoms with E-state index in [9.17, 15) is 14.0 Å². The van der Waals surface area contributed by atoms with Gasteiger partial charge in [-0.15, -0.1) is 0 Å². The van der Waals surface area contributed by atoms with Gasteiger partial charge in [-0.25, -0.2) is 4.39 Å². The highest BCUT2D eigenvalue weighted by Crippen LogP contribution is 2.18. The van der Waals surface area contributed by atoms with Crippen molar-refractivity contribution in [2.24, 2.45) is 0 Å². The number of nitrogens with zero attached hydrogens (tertiary/aromatic N) is 1. The van der Waals surface area contributed by atoms with Crippen LogP contribution in [0.3, 0.4) is 0 Å². The number of nitrogens with one attached hydrogen (secondary N) is 1. The van der Waals surface area contributed by atoms with Crippen molar-refractivity contribution in [2.75, 3.05) is 26.3 Å². The molecule has 3 rings (SSSR count). The molecule has 1 fully saturated rings. The number of piperidine rings is 1. The van der Waals surface area contributed by atoms with Gasteiger partial charge in [-0.2, -0.15) is 0 Å². The number of hydrogen-bond acceptors (Lipinski definition) is 4. The van der Waals surface area contributed by atoms with Gasteiger partial charge in [-0.3, -0.25) is 9.59 Å². The van der Waals surface area contributed by atoms with E-state index in [2.05, 4.69) is 5.32 Å². The van der Waals surface area contributed by atoms with Crippen LogP contribution in [0.2, 0.25) is 0 Å². The van der Waals surface area contributed by atoms with Gasteiger partial charge in [0, 0.05) is 19.1 Å². The van der Waals surface area contributed by atoms with Gasteiger partial charge < -0.3 is 19.7 Å². The van der Waals surface area contributed by atoms with E-state index in [1.165, 1.54) is 12.1 Å². The molecule has 2 aromatic carbocycles. The Hall–Kier alpha value is -3.09. The van der Waals surface area contributed by atoms with Gasteiger partial charge >= 0.3 is 0 Å². The van der Waals surface area contributed by atoms with E-state index >= 15 is 0 Å². The topological polar surface area (TPSA) is 67.9 Å². The number of ether oxygens (including phenoxy) is 2. The molecule has 0 bridgehead atoms. The van der Waals surface area contributed by atoms with Gasteiger partial charge in [0.2, 0.25) is 0 Å². The molecule has 1 heterocycles. The summed E-state index contributed by atoms with van der Waals surface area (Å²) in [6.07, 6.45) is 1.24. The highest BCUT2D eigenvalue weighted by molar-refractivity contribution is 5.94. The molecular formula is C22H25FN2O4. The fourth-order valence-electron chi connectivity index (χ4n) is 3.25. The van der Waals surface area contributed by atoms with E-state index in [0.717, 1.165) is 5.75 Å². The van der Waals surface area contributed by atoms with Crippen molar-refractivity contribution in [3.8, 4) is 11.5 Å². The Morgan fingerprint density at radius 1 is 1.03 bits per heavy atom. The quantitative estimate of drug-likeness (QED) is 0.776. The van der Waals surface area contributed by atoms with Crippen molar-refractivity contribution in [1.29, 1.82) is 0 Å². The van der Waals surface area contributed by atoms with Crippen molar-refractivity contribution < 1.29 is 23.5 Å². The number of amides is 2. The standard InChI is InChI=1S/C22H25FN2O4/c1-2-28-17-7-9-18(10-8-17)29-15-21(26)24-16-11-13-25(14-12-16)22(27)19-5-3-4-6-20(19)23/h3-10,16H,2,11-15H2,1H3,(H,24,26). The Morgan fingerprint density at radius 2 is 1.66 bits per heavy atom. The maximum Gasteiger partial charge on any atom is 0.258 e. The van der Waals surface area contributed by atoms with Crippen molar-refractivity contribution in [1.82, 2.24) is 10.2 Å². The minimum Gasteiger partial charge on any atom is -0.494 e. The van der Waals surface area contributed by atoms with E-state index in [0.29, 0.717) is 38.3 Å². The van der Waals surface area contributed by atoms with Crippen LogP contribution in [0.5, 0.6) is 11.5 Å². The lowest BCUT2D eigenvalue weighted by Gasteiger charge is -2.32. The highest BCUT2D eigenvalue weighted by Gasteiger charge is 2.25. The van der Waals surface area contributed by atoms with Gasteiger partial charge in [0.1, 0.15) is 17.3 Å². The number of carbonyl (C=O) groups excluding carboxylic acids is 2. The Kier molecular flexibility index (Phi) is 7.05. The molecule has 1 N–H and O–H groups in total. The van der Waals surface area contributed by atoms with Crippen LogP contribution in [-0.4, -0.2) is 49.1 Å². The first-order valence-corrected chi connectivity index (χ1v) is 9.75. The summed E-state index contributed by atoms with van der Waals surface area (Å²) >= 11 is 0. The lowest BCUT2D eigenvalue weighted by molar-refractivity contribution is -0.124. The van der Waals surface area contributed by atoms with Crippen LogP contribution in [0.4, 0.5) is 4.39 Å². The molecule has 0 aliphatic carbocycles. The maximum absolute atomic E-state index is 13.8. The number of halogens is 1. The average Bonchev–Trinajstić information content (AvgIpc) is 2.74. The molecule has 2 aromatic rings. The fourth-order valence-corrected chi connectivity index (χ4v) is 3.25. The van der Waals surface area contributed by atoms with Gasteiger partial charge in [0.25, 0.3) is 11.8 Å². The molecule has 0 radical (unpaired) electrons. The van der Waals surface area contributed by atoms with Crippen molar-refractivity contribution in [2.45, 2.75) is 25.8 Å². The van der Waals surface area contributed by atoms with E-state index in [-0.39, 0.29) is 30.0 Å². The van der Waals surface area contributed by atoms with Crippen LogP contribution in [0, 0.1) is 5.82 Å². The Labute approximate surface area is 169 Å². The SMILES string of the molecule is CCOc1ccc(OCC(=O)NC2CCN(C(=O)c3ccccc3F)CC2)cc1.